The molecule has 2 nitrogen and oxygen atoms in total. The number of thiophene rings is 1. The Bertz CT molecular complexity index is 390. The first-order valence-corrected chi connectivity index (χ1v) is 7.58. The summed E-state index contributed by atoms with van der Waals surface area (Å²) < 4.78 is 1.18. The molecular formula is C12H16INOS. The Hall–Kier alpha value is -0.100. The molecule has 0 N–H and O–H groups in total. The predicted octanol–water partition coefficient (Wildman–Crippen LogP) is 3.61. The van der Waals surface area contributed by atoms with Crippen LogP contribution in [0.4, 0.5) is 0 Å². The molecule has 1 fully saturated rings. The van der Waals surface area contributed by atoms with Gasteiger partial charge in [-0.05, 0) is 54.3 Å². The molecule has 88 valence electrons. The van der Waals surface area contributed by atoms with Crippen molar-refractivity contribution in [2.45, 2.75) is 32.7 Å². The van der Waals surface area contributed by atoms with E-state index >= 15 is 0 Å². The quantitative estimate of drug-likeness (QED) is 0.710. The zero-order valence-corrected chi connectivity index (χ0v) is 12.5. The Morgan fingerprint density at radius 1 is 1.50 bits per heavy atom. The number of halogens is 1. The van der Waals surface area contributed by atoms with Gasteiger partial charge in [0.15, 0.2) is 0 Å². The predicted molar refractivity (Wildman–Crippen MR) is 75.9 cm³/mol. The molecule has 0 bridgehead atoms. The van der Waals surface area contributed by atoms with Crippen LogP contribution < -0.4 is 0 Å². The maximum absolute atomic E-state index is 12.3. The Balaban J connectivity index is 2.14. The first-order chi connectivity index (χ1) is 7.58. The normalized spacial score (nSPS) is 25.8. The van der Waals surface area contributed by atoms with Crippen LogP contribution >= 0.6 is 33.9 Å². The van der Waals surface area contributed by atoms with Crippen LogP contribution in [0.1, 0.15) is 37.0 Å². The summed E-state index contributed by atoms with van der Waals surface area (Å²) in [7, 11) is 0. The number of nitrogens with zero attached hydrogens (tertiary/aromatic N) is 1. The average Bonchev–Trinajstić information content (AvgIpc) is 2.67. The van der Waals surface area contributed by atoms with Gasteiger partial charge >= 0.3 is 0 Å². The van der Waals surface area contributed by atoms with Crippen molar-refractivity contribution in [1.82, 2.24) is 4.90 Å². The van der Waals surface area contributed by atoms with E-state index in [4.69, 9.17) is 0 Å². The van der Waals surface area contributed by atoms with Gasteiger partial charge in [0.25, 0.3) is 5.91 Å². The standard InChI is InChI=1S/C12H16INOS/c1-8-3-4-9(2)14(6-8)12(15)10-5-11(13)16-7-10/h5,7-9H,3-4,6H2,1-2H3. The lowest BCUT2D eigenvalue weighted by Gasteiger charge is -2.36. The van der Waals surface area contributed by atoms with E-state index in [-0.39, 0.29) is 5.91 Å². The number of rotatable bonds is 1. The molecule has 4 heteroatoms. The summed E-state index contributed by atoms with van der Waals surface area (Å²) in [4.78, 5) is 14.3. The summed E-state index contributed by atoms with van der Waals surface area (Å²) in [5, 5.41) is 1.97. The molecule has 0 spiro atoms. The number of hydrogen-bond acceptors (Lipinski definition) is 2. The highest BCUT2D eigenvalue weighted by atomic mass is 127. The minimum Gasteiger partial charge on any atom is -0.336 e. The van der Waals surface area contributed by atoms with Gasteiger partial charge in [-0.15, -0.1) is 11.3 Å². The lowest BCUT2D eigenvalue weighted by Crippen LogP contribution is -2.44. The third kappa shape index (κ3) is 2.59. The van der Waals surface area contributed by atoms with Crippen molar-refractivity contribution in [3.63, 3.8) is 0 Å². The highest BCUT2D eigenvalue weighted by Crippen LogP contribution is 2.25. The van der Waals surface area contributed by atoms with Crippen LogP contribution in [0.15, 0.2) is 11.4 Å². The van der Waals surface area contributed by atoms with Gasteiger partial charge < -0.3 is 4.90 Å². The molecule has 1 aromatic heterocycles. The summed E-state index contributed by atoms with van der Waals surface area (Å²) in [5.41, 5.74) is 0.857. The molecule has 1 aliphatic rings. The van der Waals surface area contributed by atoms with Crippen LogP contribution in [0, 0.1) is 8.80 Å². The maximum Gasteiger partial charge on any atom is 0.254 e. The Morgan fingerprint density at radius 2 is 2.25 bits per heavy atom. The van der Waals surface area contributed by atoms with E-state index in [0.717, 1.165) is 18.5 Å². The summed E-state index contributed by atoms with van der Waals surface area (Å²) in [5.74, 6) is 0.844. The van der Waals surface area contributed by atoms with E-state index in [1.165, 1.54) is 9.30 Å². The fraction of sp³-hybridized carbons (Fsp3) is 0.583. The van der Waals surface area contributed by atoms with Gasteiger partial charge in [-0.3, -0.25) is 4.79 Å². The van der Waals surface area contributed by atoms with Crippen LogP contribution in [0.25, 0.3) is 0 Å². The third-order valence-electron chi connectivity index (χ3n) is 3.19. The van der Waals surface area contributed by atoms with Gasteiger partial charge in [-0.25, -0.2) is 0 Å². The minimum absolute atomic E-state index is 0.207. The maximum atomic E-state index is 12.3. The van der Waals surface area contributed by atoms with Crippen molar-refractivity contribution in [2.24, 2.45) is 5.92 Å². The Morgan fingerprint density at radius 3 is 2.88 bits per heavy atom. The molecule has 1 aromatic rings. The van der Waals surface area contributed by atoms with E-state index in [1.807, 2.05) is 16.3 Å². The third-order valence-corrected chi connectivity index (χ3v) is 4.98. The molecule has 2 rings (SSSR count). The summed E-state index contributed by atoms with van der Waals surface area (Å²) in [6.45, 7) is 5.29. The lowest BCUT2D eigenvalue weighted by atomic mass is 9.94. The molecule has 1 saturated heterocycles. The van der Waals surface area contributed by atoms with Gasteiger partial charge in [0, 0.05) is 18.0 Å². The van der Waals surface area contributed by atoms with E-state index < -0.39 is 0 Å². The number of likely N-dealkylation sites (tertiary alicyclic amines) is 1. The van der Waals surface area contributed by atoms with E-state index in [0.29, 0.717) is 12.0 Å². The number of carbonyl (C=O) groups is 1. The number of amides is 1. The summed E-state index contributed by atoms with van der Waals surface area (Å²) in [6, 6.07) is 2.38. The van der Waals surface area contributed by atoms with Crippen molar-refractivity contribution in [1.29, 1.82) is 0 Å². The van der Waals surface area contributed by atoms with Crippen molar-refractivity contribution in [3.8, 4) is 0 Å². The Kier molecular flexibility index (Phi) is 3.89. The molecule has 1 aliphatic heterocycles. The van der Waals surface area contributed by atoms with Crippen LogP contribution in [0.5, 0.6) is 0 Å². The number of carbonyl (C=O) groups excluding carboxylic acids is 1. The smallest absolute Gasteiger partial charge is 0.254 e. The second kappa shape index (κ2) is 5.04. The highest BCUT2D eigenvalue weighted by molar-refractivity contribution is 14.1. The molecule has 2 atom stereocenters. The zero-order valence-electron chi connectivity index (χ0n) is 9.57. The first-order valence-electron chi connectivity index (χ1n) is 5.63. The number of hydrogen-bond donors (Lipinski definition) is 0. The van der Waals surface area contributed by atoms with E-state index in [1.54, 1.807) is 11.3 Å². The first kappa shape index (κ1) is 12.4. The van der Waals surface area contributed by atoms with Gasteiger partial charge in [0.05, 0.1) is 8.45 Å². The van der Waals surface area contributed by atoms with Gasteiger partial charge in [-0.2, -0.15) is 0 Å². The van der Waals surface area contributed by atoms with Gasteiger partial charge in [0.2, 0.25) is 0 Å². The molecule has 0 radical (unpaired) electrons. The topological polar surface area (TPSA) is 20.3 Å². The Labute approximate surface area is 114 Å². The molecule has 1 amide bonds. The minimum atomic E-state index is 0.207. The molecule has 16 heavy (non-hydrogen) atoms. The van der Waals surface area contributed by atoms with E-state index in [2.05, 4.69) is 36.4 Å². The van der Waals surface area contributed by atoms with E-state index in [9.17, 15) is 4.79 Å². The van der Waals surface area contributed by atoms with Crippen LogP contribution in [-0.2, 0) is 0 Å². The largest absolute Gasteiger partial charge is 0.336 e. The molecule has 0 aliphatic carbocycles. The second-order valence-electron chi connectivity index (χ2n) is 4.63. The summed E-state index contributed by atoms with van der Waals surface area (Å²) >= 11 is 3.90. The molecule has 2 unspecified atom stereocenters. The second-order valence-corrected chi connectivity index (χ2v) is 7.43. The van der Waals surface area contributed by atoms with Crippen molar-refractivity contribution < 1.29 is 4.79 Å². The fourth-order valence-corrected chi connectivity index (χ4v) is 3.48. The van der Waals surface area contributed by atoms with Gasteiger partial charge in [0.1, 0.15) is 0 Å². The number of piperidine rings is 1. The van der Waals surface area contributed by atoms with Gasteiger partial charge in [-0.1, -0.05) is 6.92 Å². The fourth-order valence-electron chi connectivity index (χ4n) is 2.16. The van der Waals surface area contributed by atoms with Crippen molar-refractivity contribution in [3.05, 3.63) is 19.9 Å². The molecule has 0 saturated carbocycles. The van der Waals surface area contributed by atoms with Crippen molar-refractivity contribution >= 4 is 39.8 Å². The molecule has 0 aromatic carbocycles. The average molecular weight is 349 g/mol. The highest BCUT2D eigenvalue weighted by Gasteiger charge is 2.27. The molecular weight excluding hydrogens is 333 g/mol. The lowest BCUT2D eigenvalue weighted by molar-refractivity contribution is 0.0574. The zero-order chi connectivity index (χ0) is 11.7. The van der Waals surface area contributed by atoms with Crippen molar-refractivity contribution in [2.75, 3.05) is 6.54 Å². The van der Waals surface area contributed by atoms with Crippen LogP contribution in [-0.4, -0.2) is 23.4 Å². The molecule has 2 heterocycles. The SMILES string of the molecule is CC1CCC(C)N(C(=O)c2csc(I)c2)C1. The monoisotopic (exact) mass is 349 g/mol. The van der Waals surface area contributed by atoms with Crippen LogP contribution in [0.3, 0.4) is 0 Å². The summed E-state index contributed by atoms with van der Waals surface area (Å²) in [6.07, 6.45) is 2.38. The van der Waals surface area contributed by atoms with Crippen LogP contribution in [0.2, 0.25) is 0 Å².